The molecule has 1 aromatic carbocycles. The number of methoxy groups -OCH3 is 2. The molecule has 4 heteroatoms. The highest BCUT2D eigenvalue weighted by Gasteiger charge is 2.25. The molecule has 16 heavy (non-hydrogen) atoms. The first-order valence-corrected chi connectivity index (χ1v) is 4.89. The van der Waals surface area contributed by atoms with Crippen LogP contribution in [0.3, 0.4) is 0 Å². The maximum atomic E-state index is 10.1. The molecular formula is C12H15NO3. The van der Waals surface area contributed by atoms with Gasteiger partial charge in [0.15, 0.2) is 0 Å². The molecular weight excluding hydrogens is 206 g/mol. The van der Waals surface area contributed by atoms with Gasteiger partial charge in [-0.2, -0.15) is 0 Å². The third-order valence-corrected chi connectivity index (χ3v) is 2.60. The lowest BCUT2D eigenvalue weighted by molar-refractivity contribution is 0.0105. The van der Waals surface area contributed by atoms with Crippen molar-refractivity contribution < 1.29 is 14.3 Å². The monoisotopic (exact) mass is 221 g/mol. The van der Waals surface area contributed by atoms with E-state index >= 15 is 0 Å². The Morgan fingerprint density at radius 1 is 1.31 bits per heavy atom. The van der Waals surface area contributed by atoms with Crippen LogP contribution in [-0.2, 0) is 15.1 Å². The van der Waals surface area contributed by atoms with Gasteiger partial charge >= 0.3 is 0 Å². The first-order chi connectivity index (χ1) is 7.66. The minimum absolute atomic E-state index is 0.249. The molecule has 0 radical (unpaired) electrons. The average Bonchev–Trinajstić information content (AvgIpc) is 2.36. The summed E-state index contributed by atoms with van der Waals surface area (Å²) in [5.41, 5.74) is 0.332. The molecule has 4 nitrogen and oxygen atoms in total. The molecule has 1 atom stereocenters. The molecule has 0 heterocycles. The smallest absolute Gasteiger partial charge is 0.235 e. The van der Waals surface area contributed by atoms with Crippen molar-refractivity contribution in [2.75, 3.05) is 20.8 Å². The molecule has 0 aliphatic heterocycles. The van der Waals surface area contributed by atoms with Crippen LogP contribution in [0.4, 0.5) is 0 Å². The zero-order chi connectivity index (χ0) is 12.0. The van der Waals surface area contributed by atoms with Gasteiger partial charge in [0.05, 0.1) is 13.7 Å². The van der Waals surface area contributed by atoms with E-state index in [0.29, 0.717) is 0 Å². The molecule has 0 fully saturated rings. The van der Waals surface area contributed by atoms with E-state index in [-0.39, 0.29) is 6.54 Å². The van der Waals surface area contributed by atoms with Gasteiger partial charge in [-0.1, -0.05) is 12.1 Å². The molecule has 0 aliphatic carbocycles. The van der Waals surface area contributed by atoms with Gasteiger partial charge in [-0.15, -0.1) is 0 Å². The fourth-order valence-electron chi connectivity index (χ4n) is 1.40. The van der Waals surface area contributed by atoms with E-state index in [0.717, 1.165) is 11.3 Å². The molecule has 0 saturated carbocycles. The summed E-state index contributed by atoms with van der Waals surface area (Å²) in [6.07, 6.45) is 1.52. The summed E-state index contributed by atoms with van der Waals surface area (Å²) in [6, 6.07) is 7.47. The molecule has 0 aliphatic rings. The van der Waals surface area contributed by atoms with E-state index in [2.05, 4.69) is 4.99 Å². The van der Waals surface area contributed by atoms with E-state index in [1.54, 1.807) is 14.2 Å². The standard InChI is InChI=1S/C12H15NO3/c1-12(16-3,8-13-9-14)10-4-6-11(15-2)7-5-10/h4-7H,8H2,1-3H3. The SMILES string of the molecule is COc1ccc(C(C)(CN=C=O)OC)cc1. The molecule has 86 valence electrons. The van der Waals surface area contributed by atoms with Gasteiger partial charge in [0.25, 0.3) is 0 Å². The number of nitrogens with zero attached hydrogens (tertiary/aromatic N) is 1. The summed E-state index contributed by atoms with van der Waals surface area (Å²) in [6.45, 7) is 2.12. The van der Waals surface area contributed by atoms with Crippen LogP contribution in [0.1, 0.15) is 12.5 Å². The second-order valence-electron chi connectivity index (χ2n) is 3.57. The number of isocyanates is 1. The number of hydrogen-bond donors (Lipinski definition) is 0. The lowest BCUT2D eigenvalue weighted by Gasteiger charge is -2.26. The van der Waals surface area contributed by atoms with Crippen molar-refractivity contribution in [2.45, 2.75) is 12.5 Å². The molecule has 0 spiro atoms. The van der Waals surface area contributed by atoms with E-state index in [4.69, 9.17) is 9.47 Å². The number of benzene rings is 1. The lowest BCUT2D eigenvalue weighted by atomic mass is 9.96. The Labute approximate surface area is 94.9 Å². The second kappa shape index (κ2) is 5.45. The largest absolute Gasteiger partial charge is 0.497 e. The molecule has 0 saturated heterocycles. The number of rotatable bonds is 5. The van der Waals surface area contributed by atoms with Gasteiger partial charge < -0.3 is 9.47 Å². The summed E-state index contributed by atoms with van der Waals surface area (Å²) >= 11 is 0. The molecule has 1 aromatic rings. The van der Waals surface area contributed by atoms with Crippen LogP contribution in [0, 0.1) is 0 Å². The highest BCUT2D eigenvalue weighted by atomic mass is 16.5. The molecule has 0 bridgehead atoms. The fourth-order valence-corrected chi connectivity index (χ4v) is 1.40. The highest BCUT2D eigenvalue weighted by molar-refractivity contribution is 5.35. The first-order valence-electron chi connectivity index (χ1n) is 4.89. The third kappa shape index (κ3) is 2.69. The Morgan fingerprint density at radius 2 is 1.94 bits per heavy atom. The van der Waals surface area contributed by atoms with Crippen LogP contribution in [0.25, 0.3) is 0 Å². The van der Waals surface area contributed by atoms with Crippen LogP contribution in [0.15, 0.2) is 29.3 Å². The second-order valence-corrected chi connectivity index (χ2v) is 3.57. The predicted octanol–water partition coefficient (Wildman–Crippen LogP) is 1.89. The normalized spacial score (nSPS) is 13.7. The third-order valence-electron chi connectivity index (χ3n) is 2.60. The average molecular weight is 221 g/mol. The van der Waals surface area contributed by atoms with Gasteiger partial charge in [0, 0.05) is 7.11 Å². The maximum absolute atomic E-state index is 10.1. The van der Waals surface area contributed by atoms with E-state index < -0.39 is 5.60 Å². The van der Waals surface area contributed by atoms with Crippen LogP contribution in [-0.4, -0.2) is 26.8 Å². The van der Waals surface area contributed by atoms with Crippen molar-refractivity contribution in [3.05, 3.63) is 29.8 Å². The number of ether oxygens (including phenoxy) is 2. The summed E-state index contributed by atoms with van der Waals surface area (Å²) in [5.74, 6) is 0.779. The quantitative estimate of drug-likeness (QED) is 0.563. The fraction of sp³-hybridized carbons (Fsp3) is 0.417. The molecule has 0 aromatic heterocycles. The number of hydrogen-bond acceptors (Lipinski definition) is 4. The van der Waals surface area contributed by atoms with Crippen molar-refractivity contribution in [3.8, 4) is 5.75 Å². The number of aliphatic imine (C=N–C) groups is 1. The lowest BCUT2D eigenvalue weighted by Crippen LogP contribution is -2.27. The predicted molar refractivity (Wildman–Crippen MR) is 60.3 cm³/mol. The number of carbonyl (C=O) groups excluding carboxylic acids is 1. The maximum Gasteiger partial charge on any atom is 0.235 e. The van der Waals surface area contributed by atoms with Crippen molar-refractivity contribution >= 4 is 6.08 Å². The van der Waals surface area contributed by atoms with Crippen molar-refractivity contribution in [1.82, 2.24) is 0 Å². The van der Waals surface area contributed by atoms with E-state index in [1.807, 2.05) is 31.2 Å². The first kappa shape index (κ1) is 12.4. The Kier molecular flexibility index (Phi) is 4.23. The van der Waals surface area contributed by atoms with Gasteiger partial charge in [-0.25, -0.2) is 9.79 Å². The summed E-state index contributed by atoms with van der Waals surface area (Å²) in [4.78, 5) is 13.7. The summed E-state index contributed by atoms with van der Waals surface area (Å²) in [7, 11) is 3.20. The minimum Gasteiger partial charge on any atom is -0.497 e. The zero-order valence-corrected chi connectivity index (χ0v) is 9.69. The van der Waals surface area contributed by atoms with Crippen molar-refractivity contribution in [2.24, 2.45) is 4.99 Å². The van der Waals surface area contributed by atoms with Crippen LogP contribution in [0.5, 0.6) is 5.75 Å². The molecule has 1 unspecified atom stereocenters. The van der Waals surface area contributed by atoms with Crippen LogP contribution in [0.2, 0.25) is 0 Å². The van der Waals surface area contributed by atoms with Crippen molar-refractivity contribution in [3.63, 3.8) is 0 Å². The Balaban J connectivity index is 2.97. The topological polar surface area (TPSA) is 47.9 Å². The molecule has 0 amide bonds. The van der Waals surface area contributed by atoms with Crippen LogP contribution < -0.4 is 4.74 Å². The molecule has 1 rings (SSSR count). The minimum atomic E-state index is -0.607. The zero-order valence-electron chi connectivity index (χ0n) is 9.69. The van der Waals surface area contributed by atoms with Crippen molar-refractivity contribution in [1.29, 1.82) is 0 Å². The van der Waals surface area contributed by atoms with E-state index in [1.165, 1.54) is 6.08 Å². The highest BCUT2D eigenvalue weighted by Crippen LogP contribution is 2.26. The Bertz CT molecular complexity index is 382. The van der Waals surface area contributed by atoms with Gasteiger partial charge in [-0.05, 0) is 24.6 Å². The molecule has 0 N–H and O–H groups in total. The van der Waals surface area contributed by atoms with Crippen LogP contribution >= 0.6 is 0 Å². The Hall–Kier alpha value is -1.64. The summed E-state index contributed by atoms with van der Waals surface area (Å²) in [5, 5.41) is 0. The van der Waals surface area contributed by atoms with E-state index in [9.17, 15) is 4.79 Å². The van der Waals surface area contributed by atoms with Gasteiger partial charge in [0.1, 0.15) is 11.4 Å². The summed E-state index contributed by atoms with van der Waals surface area (Å²) < 4.78 is 10.5. The Morgan fingerprint density at radius 3 is 2.38 bits per heavy atom. The van der Waals surface area contributed by atoms with Gasteiger partial charge in [-0.3, -0.25) is 0 Å². The van der Waals surface area contributed by atoms with Gasteiger partial charge in [0.2, 0.25) is 6.08 Å².